The molecule has 0 aromatic heterocycles. The van der Waals surface area contributed by atoms with Crippen molar-refractivity contribution in [1.82, 2.24) is 15.1 Å². The van der Waals surface area contributed by atoms with Gasteiger partial charge in [-0.25, -0.2) is 0 Å². The van der Waals surface area contributed by atoms with Crippen LogP contribution < -0.4 is 5.32 Å². The topological polar surface area (TPSA) is 55.8 Å². The summed E-state index contributed by atoms with van der Waals surface area (Å²) in [6.07, 6.45) is 3.84. The molecule has 0 aromatic rings. The second kappa shape index (κ2) is 10.1. The highest BCUT2D eigenvalue weighted by atomic mass is 16.4. The number of likely N-dealkylation sites (N-methyl/N-ethyl adjacent to an activating group) is 1. The molecule has 120 valence electrons. The lowest BCUT2D eigenvalue weighted by molar-refractivity contribution is -0.144. The van der Waals surface area contributed by atoms with Crippen LogP contribution in [-0.4, -0.2) is 73.7 Å². The quantitative estimate of drug-likeness (QED) is 0.533. The van der Waals surface area contributed by atoms with Gasteiger partial charge in [-0.2, -0.15) is 0 Å². The van der Waals surface area contributed by atoms with Gasteiger partial charge < -0.3 is 20.2 Å². The Bertz CT molecular complexity index is 272. The van der Waals surface area contributed by atoms with Crippen LogP contribution in [0, 0.1) is 0 Å². The van der Waals surface area contributed by atoms with E-state index in [-0.39, 0.29) is 0 Å². The number of hydrogen-bond acceptors (Lipinski definition) is 4. The molecule has 0 radical (unpaired) electrons. The lowest BCUT2D eigenvalue weighted by atomic mass is 9.95. The Hall–Kier alpha value is -0.650. The van der Waals surface area contributed by atoms with Crippen LogP contribution in [0.2, 0.25) is 0 Å². The van der Waals surface area contributed by atoms with Gasteiger partial charge in [0, 0.05) is 0 Å². The van der Waals surface area contributed by atoms with E-state index in [4.69, 9.17) is 0 Å². The van der Waals surface area contributed by atoms with Gasteiger partial charge in [0.05, 0.1) is 0 Å². The largest absolute Gasteiger partial charge is 0.480 e. The van der Waals surface area contributed by atoms with Crippen molar-refractivity contribution in [2.75, 3.05) is 47.3 Å². The van der Waals surface area contributed by atoms with E-state index in [1.54, 1.807) is 6.92 Å². The first-order valence-electron chi connectivity index (χ1n) is 7.63. The molecule has 0 heterocycles. The molecule has 0 amide bonds. The number of nitrogens with one attached hydrogen (secondary N) is 1. The Morgan fingerprint density at radius 2 is 1.70 bits per heavy atom. The fraction of sp³-hybridized carbons (Fsp3) is 0.933. The molecule has 0 saturated carbocycles. The summed E-state index contributed by atoms with van der Waals surface area (Å²) in [4.78, 5) is 15.8. The highest BCUT2D eigenvalue weighted by Crippen LogP contribution is 2.14. The minimum absolute atomic E-state index is 0.682. The van der Waals surface area contributed by atoms with E-state index in [1.807, 2.05) is 6.92 Å². The molecule has 0 aliphatic carbocycles. The van der Waals surface area contributed by atoms with Crippen molar-refractivity contribution in [2.24, 2.45) is 0 Å². The summed E-state index contributed by atoms with van der Waals surface area (Å²) in [5.41, 5.74) is -0.780. The minimum Gasteiger partial charge on any atom is -0.480 e. The Morgan fingerprint density at radius 1 is 1.10 bits per heavy atom. The first-order chi connectivity index (χ1) is 9.31. The zero-order chi connectivity index (χ0) is 15.6. The lowest BCUT2D eigenvalue weighted by Crippen LogP contribution is -2.49. The Balaban J connectivity index is 3.80. The van der Waals surface area contributed by atoms with Crippen molar-refractivity contribution in [3.8, 4) is 0 Å². The Kier molecular flexibility index (Phi) is 9.80. The molecular formula is C15H33N3O2. The van der Waals surface area contributed by atoms with Crippen LogP contribution in [0.3, 0.4) is 0 Å². The average Bonchev–Trinajstić information content (AvgIpc) is 2.34. The molecule has 0 saturated heterocycles. The maximum Gasteiger partial charge on any atom is 0.323 e. The molecular weight excluding hydrogens is 254 g/mol. The molecule has 1 atom stereocenters. The average molecular weight is 287 g/mol. The maximum absolute atomic E-state index is 11.3. The number of carboxylic acids is 1. The molecule has 0 spiro atoms. The second-order valence-electron chi connectivity index (χ2n) is 6.08. The van der Waals surface area contributed by atoms with E-state index in [0.29, 0.717) is 13.0 Å². The highest BCUT2D eigenvalue weighted by Gasteiger charge is 2.30. The zero-order valence-electron chi connectivity index (χ0n) is 13.9. The third kappa shape index (κ3) is 8.51. The van der Waals surface area contributed by atoms with Crippen molar-refractivity contribution >= 4 is 5.97 Å². The summed E-state index contributed by atoms with van der Waals surface area (Å²) >= 11 is 0. The van der Waals surface area contributed by atoms with Gasteiger partial charge in [0.15, 0.2) is 0 Å². The van der Waals surface area contributed by atoms with Crippen LogP contribution in [0.1, 0.15) is 39.5 Å². The number of hydrogen-bond donors (Lipinski definition) is 2. The first-order valence-corrected chi connectivity index (χ1v) is 7.63. The highest BCUT2D eigenvalue weighted by molar-refractivity contribution is 5.78. The first kappa shape index (κ1) is 19.4. The summed E-state index contributed by atoms with van der Waals surface area (Å²) in [7, 11) is 6.32. The molecule has 0 aliphatic heterocycles. The van der Waals surface area contributed by atoms with Gasteiger partial charge in [-0.3, -0.25) is 4.79 Å². The second-order valence-corrected chi connectivity index (χ2v) is 6.08. The standard InChI is InChI=1S/C15H33N3O2/c1-6-16-15(2,14(19)20)10-7-8-12-18(5)13-9-11-17(3)4/h16H,6-13H2,1-5H3,(H,19,20). The predicted octanol–water partition coefficient (Wildman–Crippen LogP) is 1.49. The molecule has 0 bridgehead atoms. The van der Waals surface area contributed by atoms with E-state index >= 15 is 0 Å². The number of nitrogens with zero attached hydrogens (tertiary/aromatic N) is 2. The molecule has 0 aromatic carbocycles. The number of carbonyl (C=O) groups is 1. The Labute approximate surface area is 124 Å². The molecule has 5 nitrogen and oxygen atoms in total. The van der Waals surface area contributed by atoms with Crippen molar-refractivity contribution in [2.45, 2.75) is 45.1 Å². The van der Waals surface area contributed by atoms with E-state index in [1.165, 1.54) is 6.42 Å². The number of unbranched alkanes of at least 4 members (excludes halogenated alkanes) is 1. The summed E-state index contributed by atoms with van der Waals surface area (Å²) in [5.74, 6) is -0.751. The minimum atomic E-state index is -0.780. The van der Waals surface area contributed by atoms with Crippen molar-refractivity contribution in [3.05, 3.63) is 0 Å². The molecule has 0 fully saturated rings. The summed E-state index contributed by atoms with van der Waals surface area (Å²) in [6.45, 7) is 7.66. The number of aliphatic carboxylic acids is 1. The number of rotatable bonds is 12. The van der Waals surface area contributed by atoms with Gasteiger partial charge in [-0.05, 0) is 79.9 Å². The number of carboxylic acid groups (broad SMARTS) is 1. The van der Waals surface area contributed by atoms with Gasteiger partial charge in [-0.1, -0.05) is 6.92 Å². The fourth-order valence-corrected chi connectivity index (χ4v) is 2.29. The van der Waals surface area contributed by atoms with Crippen LogP contribution in [0.15, 0.2) is 0 Å². The Morgan fingerprint density at radius 3 is 2.20 bits per heavy atom. The van der Waals surface area contributed by atoms with Crippen molar-refractivity contribution < 1.29 is 9.90 Å². The van der Waals surface area contributed by atoms with Crippen molar-refractivity contribution in [1.29, 1.82) is 0 Å². The van der Waals surface area contributed by atoms with Crippen LogP contribution >= 0.6 is 0 Å². The smallest absolute Gasteiger partial charge is 0.323 e. The van der Waals surface area contributed by atoms with E-state index in [9.17, 15) is 9.90 Å². The third-order valence-corrected chi connectivity index (χ3v) is 3.65. The predicted molar refractivity (Wildman–Crippen MR) is 84.2 cm³/mol. The molecule has 2 N–H and O–H groups in total. The lowest BCUT2D eigenvalue weighted by Gasteiger charge is -2.26. The van der Waals surface area contributed by atoms with Crippen molar-refractivity contribution in [3.63, 3.8) is 0 Å². The SMILES string of the molecule is CCNC(C)(CCCCN(C)CCCN(C)C)C(=O)O. The van der Waals surface area contributed by atoms with Gasteiger partial charge >= 0.3 is 5.97 Å². The molecule has 1 unspecified atom stereocenters. The van der Waals surface area contributed by atoms with Gasteiger partial charge in [0.2, 0.25) is 0 Å². The molecule has 20 heavy (non-hydrogen) atoms. The normalized spacial score (nSPS) is 14.8. The van der Waals surface area contributed by atoms with Crippen LogP contribution in [-0.2, 0) is 4.79 Å². The van der Waals surface area contributed by atoms with Gasteiger partial charge in [0.25, 0.3) is 0 Å². The van der Waals surface area contributed by atoms with Crippen LogP contribution in [0.4, 0.5) is 0 Å². The van der Waals surface area contributed by atoms with Crippen LogP contribution in [0.25, 0.3) is 0 Å². The summed E-state index contributed by atoms with van der Waals surface area (Å²) < 4.78 is 0. The fourth-order valence-electron chi connectivity index (χ4n) is 2.29. The van der Waals surface area contributed by atoms with E-state index in [2.05, 4.69) is 36.3 Å². The summed E-state index contributed by atoms with van der Waals surface area (Å²) in [5, 5.41) is 12.3. The zero-order valence-corrected chi connectivity index (χ0v) is 13.9. The molecule has 0 rings (SSSR count). The third-order valence-electron chi connectivity index (χ3n) is 3.65. The molecule has 0 aliphatic rings. The van der Waals surface area contributed by atoms with E-state index in [0.717, 1.165) is 32.5 Å². The summed E-state index contributed by atoms with van der Waals surface area (Å²) in [6, 6.07) is 0. The van der Waals surface area contributed by atoms with Gasteiger partial charge in [-0.15, -0.1) is 0 Å². The monoisotopic (exact) mass is 287 g/mol. The maximum atomic E-state index is 11.3. The molecule has 5 heteroatoms. The van der Waals surface area contributed by atoms with Crippen LogP contribution in [0.5, 0.6) is 0 Å². The van der Waals surface area contributed by atoms with E-state index < -0.39 is 11.5 Å². The van der Waals surface area contributed by atoms with Gasteiger partial charge in [0.1, 0.15) is 5.54 Å².